The fourth-order valence-corrected chi connectivity index (χ4v) is 3.34. The van der Waals surface area contributed by atoms with E-state index in [-0.39, 0.29) is 11.8 Å². The minimum absolute atomic E-state index is 0.243. The molecular weight excluding hydrogens is 408 g/mol. The van der Waals surface area contributed by atoms with Gasteiger partial charge in [0, 0.05) is 15.7 Å². The number of hydrogen-bond acceptors (Lipinski definition) is 3. The normalized spacial score (nSPS) is 15.3. The minimum Gasteiger partial charge on any atom is -0.474 e. The van der Waals surface area contributed by atoms with E-state index in [1.165, 1.54) is 0 Å². The number of halogens is 1. The summed E-state index contributed by atoms with van der Waals surface area (Å²) in [5.41, 5.74) is 2.40. The summed E-state index contributed by atoms with van der Waals surface area (Å²) < 4.78 is 6.57. The Balaban J connectivity index is 1.55. The van der Waals surface area contributed by atoms with Crippen LogP contribution in [0.25, 0.3) is 0 Å². The molecule has 0 fully saturated rings. The first-order valence-electron chi connectivity index (χ1n) is 8.34. The second kappa shape index (κ2) is 7.25. The van der Waals surface area contributed by atoms with Crippen LogP contribution in [-0.2, 0) is 4.79 Å². The highest BCUT2D eigenvalue weighted by atomic mass is 79.9. The number of amides is 2. The number of ether oxygens (including phenoxy) is 1. The molecule has 2 amide bonds. The van der Waals surface area contributed by atoms with Crippen molar-refractivity contribution in [2.75, 3.05) is 10.6 Å². The summed E-state index contributed by atoms with van der Waals surface area (Å²) in [6, 6.07) is 21.6. The molecule has 0 saturated carbocycles. The van der Waals surface area contributed by atoms with Crippen LogP contribution in [0, 0.1) is 0 Å². The summed E-state index contributed by atoms with van der Waals surface area (Å²) >= 11 is 3.37. The van der Waals surface area contributed by atoms with E-state index in [9.17, 15) is 9.59 Å². The number of fused-ring (bicyclic) bond motifs is 1. The second-order valence-corrected chi connectivity index (χ2v) is 6.90. The van der Waals surface area contributed by atoms with E-state index in [0.29, 0.717) is 27.2 Å². The van der Waals surface area contributed by atoms with Crippen LogP contribution in [0.15, 0.2) is 77.3 Å². The van der Waals surface area contributed by atoms with Gasteiger partial charge in [-0.3, -0.25) is 9.59 Å². The lowest BCUT2D eigenvalue weighted by atomic mass is 10.1. The van der Waals surface area contributed by atoms with Gasteiger partial charge in [0.05, 0.1) is 11.3 Å². The van der Waals surface area contributed by atoms with Crippen LogP contribution in [0.5, 0.6) is 5.75 Å². The van der Waals surface area contributed by atoms with E-state index >= 15 is 0 Å². The summed E-state index contributed by atoms with van der Waals surface area (Å²) in [6.07, 6.45) is -0.695. The lowest BCUT2D eigenvalue weighted by Gasteiger charge is -2.26. The number of carbonyl (C=O) groups is 2. The third-order valence-electron chi connectivity index (χ3n) is 4.20. The van der Waals surface area contributed by atoms with Crippen LogP contribution >= 0.6 is 15.9 Å². The van der Waals surface area contributed by atoms with Crippen molar-refractivity contribution in [1.29, 1.82) is 0 Å². The van der Waals surface area contributed by atoms with Crippen LogP contribution in [0.2, 0.25) is 0 Å². The summed E-state index contributed by atoms with van der Waals surface area (Å²) in [5.74, 6) is 0.0676. The highest BCUT2D eigenvalue weighted by molar-refractivity contribution is 9.10. The van der Waals surface area contributed by atoms with Gasteiger partial charge in [-0.15, -0.1) is 0 Å². The Labute approximate surface area is 164 Å². The van der Waals surface area contributed by atoms with Gasteiger partial charge < -0.3 is 15.4 Å². The first kappa shape index (κ1) is 17.3. The average Bonchev–Trinajstić information content (AvgIpc) is 2.68. The predicted molar refractivity (Wildman–Crippen MR) is 107 cm³/mol. The molecule has 4 rings (SSSR count). The van der Waals surface area contributed by atoms with Crippen molar-refractivity contribution in [3.05, 3.63) is 88.4 Å². The number of hydrogen-bond donors (Lipinski definition) is 2. The molecule has 1 aliphatic rings. The Hall–Kier alpha value is -3.12. The van der Waals surface area contributed by atoms with E-state index < -0.39 is 6.10 Å². The van der Waals surface area contributed by atoms with Crippen LogP contribution in [0.4, 0.5) is 11.4 Å². The summed E-state index contributed by atoms with van der Waals surface area (Å²) in [7, 11) is 0. The van der Waals surface area contributed by atoms with Crippen LogP contribution in [-0.4, -0.2) is 11.8 Å². The van der Waals surface area contributed by atoms with Crippen LogP contribution in [0.3, 0.4) is 0 Å². The van der Waals surface area contributed by atoms with Crippen LogP contribution in [0.1, 0.15) is 22.0 Å². The summed E-state index contributed by atoms with van der Waals surface area (Å²) in [5, 5.41) is 5.68. The largest absolute Gasteiger partial charge is 0.474 e. The number of carbonyl (C=O) groups excluding carboxylic acids is 2. The zero-order chi connectivity index (χ0) is 18.8. The Bertz CT molecular complexity index is 1020. The van der Waals surface area contributed by atoms with Gasteiger partial charge in [-0.05, 0) is 46.3 Å². The average molecular weight is 423 g/mol. The van der Waals surface area contributed by atoms with Crippen molar-refractivity contribution in [2.45, 2.75) is 6.10 Å². The molecule has 0 saturated heterocycles. The predicted octanol–water partition coefficient (Wildman–Crippen LogP) is 4.77. The first-order chi connectivity index (χ1) is 13.1. The Morgan fingerprint density at radius 1 is 1.00 bits per heavy atom. The molecule has 2 N–H and O–H groups in total. The Morgan fingerprint density at radius 3 is 2.52 bits per heavy atom. The van der Waals surface area contributed by atoms with E-state index in [4.69, 9.17) is 4.74 Å². The fourth-order valence-electron chi connectivity index (χ4n) is 2.88. The van der Waals surface area contributed by atoms with Gasteiger partial charge in [0.25, 0.3) is 11.8 Å². The first-order valence-corrected chi connectivity index (χ1v) is 9.13. The zero-order valence-corrected chi connectivity index (χ0v) is 15.7. The SMILES string of the molecule is O=C(Nc1ccc2c(c1)NC(=O)C(c1ccccc1)O2)c1ccccc1Br. The molecule has 1 atom stereocenters. The number of benzene rings is 3. The molecule has 3 aromatic carbocycles. The molecule has 0 aromatic heterocycles. The molecule has 0 aliphatic carbocycles. The van der Waals surface area contributed by atoms with Gasteiger partial charge in [-0.1, -0.05) is 42.5 Å². The van der Waals surface area contributed by atoms with Gasteiger partial charge in [0.1, 0.15) is 5.75 Å². The van der Waals surface area contributed by atoms with Gasteiger partial charge in [0.15, 0.2) is 0 Å². The van der Waals surface area contributed by atoms with Gasteiger partial charge >= 0.3 is 0 Å². The third-order valence-corrected chi connectivity index (χ3v) is 4.89. The molecule has 1 unspecified atom stereocenters. The second-order valence-electron chi connectivity index (χ2n) is 6.04. The van der Waals surface area contributed by atoms with Crippen molar-refractivity contribution in [2.24, 2.45) is 0 Å². The number of nitrogens with one attached hydrogen (secondary N) is 2. The molecule has 134 valence electrons. The maximum atomic E-state index is 12.4. The van der Waals surface area contributed by atoms with Crippen molar-refractivity contribution in [1.82, 2.24) is 0 Å². The van der Waals surface area contributed by atoms with Crippen molar-refractivity contribution < 1.29 is 14.3 Å². The van der Waals surface area contributed by atoms with Gasteiger partial charge in [0.2, 0.25) is 6.10 Å². The van der Waals surface area contributed by atoms with Gasteiger partial charge in [-0.2, -0.15) is 0 Å². The topological polar surface area (TPSA) is 67.4 Å². The third kappa shape index (κ3) is 3.57. The minimum atomic E-state index is -0.695. The molecule has 27 heavy (non-hydrogen) atoms. The van der Waals surface area contributed by atoms with Crippen molar-refractivity contribution >= 4 is 39.1 Å². The van der Waals surface area contributed by atoms with Crippen LogP contribution < -0.4 is 15.4 Å². The molecule has 0 bridgehead atoms. The van der Waals surface area contributed by atoms with E-state index in [2.05, 4.69) is 26.6 Å². The lowest BCUT2D eigenvalue weighted by Crippen LogP contribution is -2.30. The monoisotopic (exact) mass is 422 g/mol. The molecule has 0 spiro atoms. The molecule has 0 radical (unpaired) electrons. The molecule has 5 nitrogen and oxygen atoms in total. The number of anilines is 2. The summed E-state index contributed by atoms with van der Waals surface area (Å²) in [6.45, 7) is 0. The maximum absolute atomic E-state index is 12.4. The summed E-state index contributed by atoms with van der Waals surface area (Å²) in [4.78, 5) is 24.9. The molecule has 3 aromatic rings. The molecule has 1 heterocycles. The molecule has 1 aliphatic heterocycles. The van der Waals surface area contributed by atoms with Gasteiger partial charge in [-0.25, -0.2) is 0 Å². The van der Waals surface area contributed by atoms with E-state index in [1.54, 1.807) is 36.4 Å². The highest BCUT2D eigenvalue weighted by Crippen LogP contribution is 2.36. The maximum Gasteiger partial charge on any atom is 0.270 e. The van der Waals surface area contributed by atoms with E-state index in [1.807, 2.05) is 36.4 Å². The Morgan fingerprint density at radius 2 is 1.74 bits per heavy atom. The fraction of sp³-hybridized carbons (Fsp3) is 0.0476. The molecular formula is C21H15BrN2O3. The van der Waals surface area contributed by atoms with Crippen molar-refractivity contribution in [3.63, 3.8) is 0 Å². The number of rotatable bonds is 3. The Kier molecular flexibility index (Phi) is 4.64. The van der Waals surface area contributed by atoms with E-state index in [0.717, 1.165) is 5.56 Å². The standard InChI is InChI=1S/C21H15BrN2O3/c22-16-9-5-4-8-15(16)20(25)23-14-10-11-18-17(12-14)24-21(26)19(27-18)13-6-2-1-3-7-13/h1-12,19H,(H,23,25)(H,24,26). The zero-order valence-electron chi connectivity index (χ0n) is 14.1. The quantitative estimate of drug-likeness (QED) is 0.638. The highest BCUT2D eigenvalue weighted by Gasteiger charge is 2.29. The smallest absolute Gasteiger partial charge is 0.270 e. The lowest BCUT2D eigenvalue weighted by molar-refractivity contribution is -0.123. The molecule has 6 heteroatoms. The van der Waals surface area contributed by atoms with Crippen molar-refractivity contribution in [3.8, 4) is 5.75 Å².